The standard InChI is InChI=1S/C42H62FN5/c1-10-48(39-15-11-12-16-39)41-26-38(25-33(6)42(41)30(2)3)35(8)40(43)27-44-36(9)45-34(7)17-18-37-29-47(24-20-32(37)5)23-19-31(4)28-46-21-13-14-22-46/h17-18,25-27,36,39,45H,2,4,7,10-16,19-24,28-29H2,1,3,5-6,8-9H3/b18-17-,40-35-,44-27-. The van der Waals surface area contributed by atoms with Gasteiger partial charge in [0, 0.05) is 55.7 Å². The second-order valence-corrected chi connectivity index (χ2v) is 14.4. The molecule has 6 heteroatoms. The van der Waals surface area contributed by atoms with Crippen molar-refractivity contribution in [1.29, 1.82) is 0 Å². The van der Waals surface area contributed by atoms with Gasteiger partial charge in [0.15, 0.2) is 0 Å². The Morgan fingerprint density at radius 3 is 2.44 bits per heavy atom. The van der Waals surface area contributed by atoms with Crippen molar-refractivity contribution in [3.8, 4) is 0 Å². The van der Waals surface area contributed by atoms with E-state index in [-0.39, 0.29) is 12.0 Å². The molecule has 5 nitrogen and oxygen atoms in total. The third-order valence-corrected chi connectivity index (χ3v) is 10.4. The van der Waals surface area contributed by atoms with E-state index in [4.69, 9.17) is 0 Å². The number of hydrogen-bond donors (Lipinski definition) is 1. The number of aliphatic imine (C=N–C) groups is 1. The van der Waals surface area contributed by atoms with Crippen LogP contribution in [0.15, 0.2) is 77.3 Å². The second-order valence-electron chi connectivity index (χ2n) is 14.4. The van der Waals surface area contributed by atoms with Crippen molar-refractivity contribution in [3.05, 3.63) is 89.0 Å². The van der Waals surface area contributed by atoms with Crippen molar-refractivity contribution in [3.63, 3.8) is 0 Å². The smallest absolute Gasteiger partial charge is 0.144 e. The second kappa shape index (κ2) is 18.0. The minimum atomic E-state index is -0.326. The summed E-state index contributed by atoms with van der Waals surface area (Å²) in [5.74, 6) is -0.326. The molecule has 3 aliphatic rings. The predicted octanol–water partition coefficient (Wildman–Crippen LogP) is 9.64. The molecule has 262 valence electrons. The Balaban J connectivity index is 1.35. The third kappa shape index (κ3) is 10.4. The van der Waals surface area contributed by atoms with Crippen LogP contribution in [0.5, 0.6) is 0 Å². The maximum atomic E-state index is 15.6. The lowest BCUT2D eigenvalue weighted by atomic mass is 9.93. The first-order valence-electron chi connectivity index (χ1n) is 18.4. The van der Waals surface area contributed by atoms with E-state index in [0.29, 0.717) is 11.6 Å². The van der Waals surface area contributed by atoms with Crippen LogP contribution >= 0.6 is 0 Å². The van der Waals surface area contributed by atoms with Crippen LogP contribution in [-0.2, 0) is 0 Å². The number of nitrogens with zero attached hydrogens (tertiary/aromatic N) is 4. The van der Waals surface area contributed by atoms with Crippen molar-refractivity contribution in [2.75, 3.05) is 50.7 Å². The van der Waals surface area contributed by atoms with Crippen LogP contribution in [-0.4, -0.2) is 74.0 Å². The highest BCUT2D eigenvalue weighted by atomic mass is 19.1. The van der Waals surface area contributed by atoms with E-state index in [1.807, 2.05) is 19.9 Å². The van der Waals surface area contributed by atoms with Gasteiger partial charge in [-0.3, -0.25) is 14.8 Å². The van der Waals surface area contributed by atoms with Crippen LogP contribution in [0, 0.1) is 6.92 Å². The summed E-state index contributed by atoms with van der Waals surface area (Å²) >= 11 is 0. The van der Waals surface area contributed by atoms with Gasteiger partial charge >= 0.3 is 0 Å². The topological polar surface area (TPSA) is 34.1 Å². The predicted molar refractivity (Wildman–Crippen MR) is 207 cm³/mol. The normalized spacial score (nSPS) is 19.4. The molecule has 1 atom stereocenters. The van der Waals surface area contributed by atoms with Crippen molar-refractivity contribution in [2.24, 2.45) is 4.99 Å². The van der Waals surface area contributed by atoms with Gasteiger partial charge in [-0.05, 0) is 133 Å². The van der Waals surface area contributed by atoms with E-state index in [9.17, 15) is 0 Å². The van der Waals surface area contributed by atoms with Gasteiger partial charge < -0.3 is 10.2 Å². The fraction of sp³-hybridized carbons (Fsp3) is 0.548. The lowest BCUT2D eigenvalue weighted by Gasteiger charge is -2.33. The molecule has 1 aromatic rings. The molecule has 1 saturated carbocycles. The van der Waals surface area contributed by atoms with Gasteiger partial charge in [0.05, 0.1) is 6.21 Å². The lowest BCUT2D eigenvalue weighted by Crippen LogP contribution is -2.33. The molecule has 0 radical (unpaired) electrons. The zero-order valence-electron chi connectivity index (χ0n) is 30.9. The summed E-state index contributed by atoms with van der Waals surface area (Å²) in [6.45, 7) is 32.7. The molecule has 1 N–H and O–H groups in total. The van der Waals surface area contributed by atoms with Crippen LogP contribution in [0.3, 0.4) is 0 Å². The molecule has 1 aliphatic carbocycles. The van der Waals surface area contributed by atoms with Gasteiger partial charge in [0.1, 0.15) is 12.0 Å². The van der Waals surface area contributed by atoms with Crippen LogP contribution < -0.4 is 10.2 Å². The molecule has 1 aromatic carbocycles. The van der Waals surface area contributed by atoms with Crippen molar-refractivity contribution < 1.29 is 4.39 Å². The molecule has 0 bridgehead atoms. The van der Waals surface area contributed by atoms with Gasteiger partial charge in [0.25, 0.3) is 0 Å². The van der Waals surface area contributed by atoms with Crippen molar-refractivity contribution >= 4 is 23.0 Å². The first kappa shape index (κ1) is 37.6. The summed E-state index contributed by atoms with van der Waals surface area (Å²) in [6, 6.07) is 4.77. The Kier molecular flexibility index (Phi) is 14.1. The number of allylic oxidation sites excluding steroid dienone is 4. The third-order valence-electron chi connectivity index (χ3n) is 10.4. The number of halogens is 1. The van der Waals surface area contributed by atoms with Crippen LogP contribution in [0.25, 0.3) is 11.1 Å². The Labute approximate surface area is 291 Å². The monoisotopic (exact) mass is 655 g/mol. The van der Waals surface area contributed by atoms with Gasteiger partial charge in [0.2, 0.25) is 0 Å². The molecule has 1 unspecified atom stereocenters. The largest absolute Gasteiger partial charge is 0.368 e. The minimum Gasteiger partial charge on any atom is -0.368 e. The molecule has 2 heterocycles. The average Bonchev–Trinajstić information content (AvgIpc) is 3.77. The zero-order chi connectivity index (χ0) is 34.8. The van der Waals surface area contributed by atoms with E-state index >= 15 is 4.39 Å². The molecule has 2 aliphatic heterocycles. The minimum absolute atomic E-state index is 0.318. The summed E-state index contributed by atoms with van der Waals surface area (Å²) in [7, 11) is 0. The van der Waals surface area contributed by atoms with Crippen LogP contribution in [0.2, 0.25) is 0 Å². The number of aryl methyl sites for hydroxylation is 1. The summed E-state index contributed by atoms with van der Waals surface area (Å²) in [4.78, 5) is 12.1. The van der Waals surface area contributed by atoms with Gasteiger partial charge in [-0.2, -0.15) is 0 Å². The highest BCUT2D eigenvalue weighted by molar-refractivity contribution is 5.90. The number of benzene rings is 1. The Hall–Kier alpha value is -3.22. The van der Waals surface area contributed by atoms with Gasteiger partial charge in [-0.15, -0.1) is 0 Å². The van der Waals surface area contributed by atoms with E-state index < -0.39 is 0 Å². The summed E-state index contributed by atoms with van der Waals surface area (Å²) < 4.78 is 15.6. The highest BCUT2D eigenvalue weighted by Gasteiger charge is 2.25. The molecule has 0 aromatic heterocycles. The summed E-state index contributed by atoms with van der Waals surface area (Å²) in [5.41, 5.74) is 10.9. The molecule has 48 heavy (non-hydrogen) atoms. The maximum absolute atomic E-state index is 15.6. The van der Waals surface area contributed by atoms with E-state index in [1.165, 1.54) is 85.8 Å². The number of rotatable bonds is 16. The average molecular weight is 656 g/mol. The van der Waals surface area contributed by atoms with E-state index in [0.717, 1.165) is 68.0 Å². The zero-order valence-corrected chi connectivity index (χ0v) is 30.9. The molecular weight excluding hydrogens is 593 g/mol. The number of anilines is 1. The number of hydrogen-bond acceptors (Lipinski definition) is 5. The Bertz CT molecular complexity index is 1430. The molecule has 4 rings (SSSR count). The van der Waals surface area contributed by atoms with Crippen molar-refractivity contribution in [1.82, 2.24) is 15.1 Å². The number of likely N-dealkylation sites (tertiary alicyclic amines) is 1. The van der Waals surface area contributed by atoms with Gasteiger partial charge in [-0.25, -0.2) is 4.39 Å². The molecule has 1 saturated heterocycles. The Morgan fingerprint density at radius 2 is 1.77 bits per heavy atom. The molecular formula is C42H62FN5. The fourth-order valence-electron chi connectivity index (χ4n) is 7.55. The lowest BCUT2D eigenvalue weighted by molar-refractivity contribution is 0.285. The molecule has 0 spiro atoms. The highest BCUT2D eigenvalue weighted by Crippen LogP contribution is 2.37. The number of nitrogens with one attached hydrogen (secondary N) is 1. The van der Waals surface area contributed by atoms with Crippen LogP contribution in [0.1, 0.15) is 103 Å². The van der Waals surface area contributed by atoms with Gasteiger partial charge in [-0.1, -0.05) is 55.9 Å². The Morgan fingerprint density at radius 1 is 1.06 bits per heavy atom. The van der Waals surface area contributed by atoms with E-state index in [2.05, 4.69) is 90.6 Å². The molecule has 0 amide bonds. The first-order valence-corrected chi connectivity index (χ1v) is 18.4. The quantitative estimate of drug-likeness (QED) is 0.109. The SMILES string of the molecule is C=C(CCN1CCC(C)=C(/C=C\C(=C)NC(C)/N=C\C(F)=C(/C)c2cc(C)c(C(=C)C)c(N(CC)C3CCCC3)c2)C1)CN1CCCC1. The maximum Gasteiger partial charge on any atom is 0.144 e. The summed E-state index contributed by atoms with van der Waals surface area (Å²) in [5, 5.41) is 3.31. The van der Waals surface area contributed by atoms with Crippen LogP contribution in [0.4, 0.5) is 10.1 Å². The first-order chi connectivity index (χ1) is 23.0. The van der Waals surface area contributed by atoms with E-state index in [1.54, 1.807) is 0 Å². The summed E-state index contributed by atoms with van der Waals surface area (Å²) in [6.07, 6.45) is 15.0. The molecule has 2 fully saturated rings. The van der Waals surface area contributed by atoms with Crippen molar-refractivity contribution in [2.45, 2.75) is 105 Å². The fourth-order valence-corrected chi connectivity index (χ4v) is 7.55.